The van der Waals surface area contributed by atoms with Gasteiger partial charge < -0.3 is 14.6 Å². The normalized spacial score (nSPS) is 21.5. The molecule has 0 radical (unpaired) electrons. The summed E-state index contributed by atoms with van der Waals surface area (Å²) in [6.07, 6.45) is 0.503. The van der Waals surface area contributed by atoms with Gasteiger partial charge in [0.05, 0.1) is 12.7 Å². The molecule has 2 unspecified atom stereocenters. The number of rotatable bonds is 6. The fourth-order valence-corrected chi connectivity index (χ4v) is 2.56. The number of hydrogen-bond acceptors (Lipinski definition) is 4. The minimum Gasteiger partial charge on any atom is -0.491 e. The van der Waals surface area contributed by atoms with Gasteiger partial charge in [0.15, 0.2) is 0 Å². The molecule has 118 valence electrons. The van der Waals surface area contributed by atoms with Gasteiger partial charge in [0, 0.05) is 19.1 Å². The third-order valence-electron chi connectivity index (χ3n) is 3.79. The van der Waals surface area contributed by atoms with Gasteiger partial charge in [-0.1, -0.05) is 12.1 Å². The zero-order valence-electron chi connectivity index (χ0n) is 13.3. The molecule has 1 aliphatic rings. The molecule has 1 N–H and O–H groups in total. The molecule has 0 saturated carbocycles. The molecular weight excluding hydrogens is 266 g/mol. The molecule has 1 aliphatic heterocycles. The van der Waals surface area contributed by atoms with Crippen molar-refractivity contribution in [3.8, 4) is 5.75 Å². The third-order valence-corrected chi connectivity index (χ3v) is 3.79. The summed E-state index contributed by atoms with van der Waals surface area (Å²) in [5.74, 6) is 0.856. The molecular formula is C17H27NO3. The largest absolute Gasteiger partial charge is 0.491 e. The Labute approximate surface area is 127 Å². The van der Waals surface area contributed by atoms with Gasteiger partial charge in [0.25, 0.3) is 0 Å². The Morgan fingerprint density at radius 2 is 2.00 bits per heavy atom. The van der Waals surface area contributed by atoms with Gasteiger partial charge in [-0.15, -0.1) is 0 Å². The van der Waals surface area contributed by atoms with Crippen LogP contribution in [0.1, 0.15) is 26.3 Å². The van der Waals surface area contributed by atoms with Gasteiger partial charge in [-0.3, -0.25) is 4.90 Å². The fraction of sp³-hybridized carbons (Fsp3) is 0.647. The minimum atomic E-state index is -0.311. The highest BCUT2D eigenvalue weighted by atomic mass is 16.5. The Hall–Kier alpha value is -1.10. The summed E-state index contributed by atoms with van der Waals surface area (Å²) in [5.41, 5.74) is 1.12. The molecule has 0 amide bonds. The number of aliphatic hydroxyl groups is 1. The van der Waals surface area contributed by atoms with Crippen molar-refractivity contribution in [3.63, 3.8) is 0 Å². The Bertz CT molecular complexity index is 417. The van der Waals surface area contributed by atoms with Gasteiger partial charge in [-0.2, -0.15) is 0 Å². The van der Waals surface area contributed by atoms with Crippen molar-refractivity contribution in [2.75, 3.05) is 26.3 Å². The molecule has 21 heavy (non-hydrogen) atoms. The fourth-order valence-electron chi connectivity index (χ4n) is 2.56. The van der Waals surface area contributed by atoms with Gasteiger partial charge in [-0.25, -0.2) is 0 Å². The number of benzene rings is 1. The van der Waals surface area contributed by atoms with Crippen molar-refractivity contribution >= 4 is 0 Å². The van der Waals surface area contributed by atoms with E-state index in [0.29, 0.717) is 19.1 Å². The van der Waals surface area contributed by atoms with E-state index in [1.807, 2.05) is 24.3 Å². The summed E-state index contributed by atoms with van der Waals surface area (Å²) >= 11 is 0. The van der Waals surface area contributed by atoms with E-state index in [4.69, 9.17) is 9.47 Å². The predicted octanol–water partition coefficient (Wildman–Crippen LogP) is 2.10. The quantitative estimate of drug-likeness (QED) is 0.872. The van der Waals surface area contributed by atoms with Crippen LogP contribution in [0.4, 0.5) is 0 Å². The van der Waals surface area contributed by atoms with Crippen LogP contribution >= 0.6 is 0 Å². The van der Waals surface area contributed by atoms with Crippen molar-refractivity contribution in [3.05, 3.63) is 29.8 Å². The smallest absolute Gasteiger partial charge is 0.119 e. The molecule has 2 atom stereocenters. The van der Waals surface area contributed by atoms with Crippen LogP contribution in [0.3, 0.4) is 0 Å². The summed E-state index contributed by atoms with van der Waals surface area (Å²) in [5, 5.41) is 9.37. The molecule has 1 fully saturated rings. The van der Waals surface area contributed by atoms with Gasteiger partial charge >= 0.3 is 0 Å². The van der Waals surface area contributed by atoms with E-state index in [0.717, 1.165) is 31.0 Å². The first-order valence-electron chi connectivity index (χ1n) is 7.80. The Morgan fingerprint density at radius 1 is 1.29 bits per heavy atom. The summed E-state index contributed by atoms with van der Waals surface area (Å²) in [7, 11) is 0. The maximum absolute atomic E-state index is 9.37. The topological polar surface area (TPSA) is 41.9 Å². The maximum Gasteiger partial charge on any atom is 0.119 e. The average molecular weight is 293 g/mol. The SMILES string of the molecule is CC(O)Cc1ccc(OCC2CN(C(C)C)CCO2)cc1. The molecule has 4 heteroatoms. The van der Waals surface area contributed by atoms with Crippen LogP contribution in [0, 0.1) is 0 Å². The number of hydrogen-bond donors (Lipinski definition) is 1. The molecule has 1 saturated heterocycles. The highest BCUT2D eigenvalue weighted by molar-refractivity contribution is 5.27. The van der Waals surface area contributed by atoms with Crippen LogP contribution in [0.2, 0.25) is 0 Å². The second-order valence-electron chi connectivity index (χ2n) is 6.09. The highest BCUT2D eigenvalue weighted by Crippen LogP contribution is 2.15. The van der Waals surface area contributed by atoms with E-state index in [1.165, 1.54) is 0 Å². The monoisotopic (exact) mass is 293 g/mol. The zero-order chi connectivity index (χ0) is 15.2. The number of morpholine rings is 1. The maximum atomic E-state index is 9.37. The Balaban J connectivity index is 1.80. The van der Waals surface area contributed by atoms with E-state index >= 15 is 0 Å². The molecule has 4 nitrogen and oxygen atoms in total. The summed E-state index contributed by atoms with van der Waals surface area (Å²) in [4.78, 5) is 2.42. The molecule has 1 heterocycles. The van der Waals surface area contributed by atoms with Crippen molar-refractivity contribution in [2.45, 2.75) is 45.4 Å². The Kier molecular flexibility index (Phi) is 6.03. The van der Waals surface area contributed by atoms with E-state index in [9.17, 15) is 5.11 Å². The lowest BCUT2D eigenvalue weighted by Gasteiger charge is -2.35. The first-order valence-corrected chi connectivity index (χ1v) is 7.80. The molecule has 0 bridgehead atoms. The van der Waals surface area contributed by atoms with Crippen LogP contribution in [0.25, 0.3) is 0 Å². The van der Waals surface area contributed by atoms with Crippen molar-refractivity contribution < 1.29 is 14.6 Å². The second kappa shape index (κ2) is 7.78. The molecule has 0 spiro atoms. The van der Waals surface area contributed by atoms with Gasteiger partial charge in [0.2, 0.25) is 0 Å². The Morgan fingerprint density at radius 3 is 2.62 bits per heavy atom. The lowest BCUT2D eigenvalue weighted by Crippen LogP contribution is -2.47. The molecule has 0 aromatic heterocycles. The summed E-state index contributed by atoms with van der Waals surface area (Å²) in [6, 6.07) is 8.48. The van der Waals surface area contributed by atoms with E-state index in [2.05, 4.69) is 18.7 Å². The average Bonchev–Trinajstić information content (AvgIpc) is 2.46. The van der Waals surface area contributed by atoms with Crippen LogP contribution in [-0.2, 0) is 11.2 Å². The molecule has 2 rings (SSSR count). The minimum absolute atomic E-state index is 0.137. The van der Waals surface area contributed by atoms with Crippen LogP contribution in [0.15, 0.2) is 24.3 Å². The first-order chi connectivity index (χ1) is 10.0. The number of aliphatic hydroxyl groups excluding tert-OH is 1. The van der Waals surface area contributed by atoms with Crippen molar-refractivity contribution in [2.24, 2.45) is 0 Å². The number of ether oxygens (including phenoxy) is 2. The third kappa shape index (κ3) is 5.30. The van der Waals surface area contributed by atoms with Crippen molar-refractivity contribution in [1.82, 2.24) is 4.90 Å². The lowest BCUT2D eigenvalue weighted by atomic mass is 10.1. The first kappa shape index (κ1) is 16.3. The molecule has 1 aromatic rings. The summed E-state index contributed by atoms with van der Waals surface area (Å²) < 4.78 is 11.6. The van der Waals surface area contributed by atoms with Gasteiger partial charge in [0.1, 0.15) is 18.5 Å². The van der Waals surface area contributed by atoms with E-state index < -0.39 is 0 Å². The standard InChI is InChI=1S/C17H27NO3/c1-13(2)18-8-9-20-17(11-18)12-21-16-6-4-15(5-7-16)10-14(3)19/h4-7,13-14,17,19H,8-12H2,1-3H3. The van der Waals surface area contributed by atoms with Crippen LogP contribution in [0.5, 0.6) is 5.75 Å². The molecule has 0 aliphatic carbocycles. The second-order valence-corrected chi connectivity index (χ2v) is 6.09. The van der Waals surface area contributed by atoms with E-state index in [1.54, 1.807) is 6.92 Å². The number of nitrogens with zero attached hydrogens (tertiary/aromatic N) is 1. The predicted molar refractivity (Wildman–Crippen MR) is 83.8 cm³/mol. The highest BCUT2D eigenvalue weighted by Gasteiger charge is 2.22. The van der Waals surface area contributed by atoms with Crippen LogP contribution in [-0.4, -0.2) is 54.6 Å². The summed E-state index contributed by atoms with van der Waals surface area (Å²) in [6.45, 7) is 9.51. The van der Waals surface area contributed by atoms with Crippen molar-refractivity contribution in [1.29, 1.82) is 0 Å². The zero-order valence-corrected chi connectivity index (χ0v) is 13.3. The molecule has 1 aromatic carbocycles. The van der Waals surface area contributed by atoms with Crippen LogP contribution < -0.4 is 4.74 Å². The van der Waals surface area contributed by atoms with Gasteiger partial charge in [-0.05, 0) is 44.9 Å². The lowest BCUT2D eigenvalue weighted by molar-refractivity contribution is -0.0564. The van der Waals surface area contributed by atoms with E-state index in [-0.39, 0.29) is 12.2 Å².